The van der Waals surface area contributed by atoms with Gasteiger partial charge >= 0.3 is 0 Å². The van der Waals surface area contributed by atoms with Crippen LogP contribution in [0, 0.1) is 6.92 Å². The van der Waals surface area contributed by atoms with Crippen LogP contribution in [0.15, 0.2) is 50.5 Å². The van der Waals surface area contributed by atoms with Gasteiger partial charge in [0.1, 0.15) is 0 Å². The standard InChI is InChI=1S/C15H14Br2N4/c1-9-4-2-3-5-12(9)21-13(8-20-15(21)18)14-11(17)6-10(16)7-19-14/h2-7,13H,8H2,1H3,(H2,18,20). The highest BCUT2D eigenvalue weighted by Crippen LogP contribution is 2.35. The zero-order valence-corrected chi connectivity index (χ0v) is 14.6. The predicted octanol–water partition coefficient (Wildman–Crippen LogP) is 3.79. The number of guanidine groups is 1. The smallest absolute Gasteiger partial charge is 0.196 e. The number of para-hydroxylation sites is 1. The second kappa shape index (κ2) is 5.77. The molecule has 21 heavy (non-hydrogen) atoms. The number of aromatic nitrogens is 1. The Labute approximate surface area is 140 Å². The van der Waals surface area contributed by atoms with Crippen molar-refractivity contribution in [2.24, 2.45) is 10.7 Å². The minimum Gasteiger partial charge on any atom is -0.369 e. The fourth-order valence-corrected chi connectivity index (χ4v) is 3.75. The molecule has 1 atom stereocenters. The van der Waals surface area contributed by atoms with Gasteiger partial charge in [0.2, 0.25) is 0 Å². The molecule has 0 fully saturated rings. The summed E-state index contributed by atoms with van der Waals surface area (Å²) in [7, 11) is 0. The Bertz CT molecular complexity index is 715. The number of pyridine rings is 1. The summed E-state index contributed by atoms with van der Waals surface area (Å²) in [5, 5.41) is 0. The molecule has 0 saturated carbocycles. The minimum absolute atomic E-state index is 0.00794. The Morgan fingerprint density at radius 2 is 2.05 bits per heavy atom. The van der Waals surface area contributed by atoms with E-state index >= 15 is 0 Å². The third-order valence-electron chi connectivity index (χ3n) is 3.51. The van der Waals surface area contributed by atoms with E-state index in [-0.39, 0.29) is 6.04 Å². The summed E-state index contributed by atoms with van der Waals surface area (Å²) >= 11 is 7.01. The molecule has 6 heteroatoms. The van der Waals surface area contributed by atoms with Crippen molar-refractivity contribution in [1.29, 1.82) is 0 Å². The molecule has 1 aliphatic heterocycles. The summed E-state index contributed by atoms with van der Waals surface area (Å²) in [4.78, 5) is 11.0. The normalized spacial score (nSPS) is 18.0. The van der Waals surface area contributed by atoms with E-state index in [1.54, 1.807) is 6.20 Å². The number of nitrogens with two attached hydrogens (primary N) is 1. The van der Waals surface area contributed by atoms with Crippen molar-refractivity contribution in [1.82, 2.24) is 4.98 Å². The van der Waals surface area contributed by atoms with Crippen molar-refractivity contribution in [2.75, 3.05) is 11.4 Å². The molecule has 0 radical (unpaired) electrons. The summed E-state index contributed by atoms with van der Waals surface area (Å²) in [5.41, 5.74) is 9.28. The van der Waals surface area contributed by atoms with E-state index in [4.69, 9.17) is 5.73 Å². The van der Waals surface area contributed by atoms with Gasteiger partial charge in [0.05, 0.1) is 18.3 Å². The molecule has 2 heterocycles. The molecule has 0 saturated heterocycles. The predicted molar refractivity (Wildman–Crippen MR) is 92.5 cm³/mol. The number of hydrogen-bond acceptors (Lipinski definition) is 4. The largest absolute Gasteiger partial charge is 0.369 e. The molecule has 0 aliphatic carbocycles. The van der Waals surface area contributed by atoms with E-state index in [1.165, 1.54) is 0 Å². The third-order valence-corrected chi connectivity index (χ3v) is 4.58. The number of benzene rings is 1. The van der Waals surface area contributed by atoms with Crippen LogP contribution in [0.1, 0.15) is 17.3 Å². The lowest BCUT2D eigenvalue weighted by Gasteiger charge is -2.28. The van der Waals surface area contributed by atoms with Crippen molar-refractivity contribution in [3.8, 4) is 0 Å². The van der Waals surface area contributed by atoms with Crippen LogP contribution >= 0.6 is 31.9 Å². The van der Waals surface area contributed by atoms with Crippen LogP contribution in [0.25, 0.3) is 0 Å². The third kappa shape index (κ3) is 2.70. The monoisotopic (exact) mass is 408 g/mol. The Hall–Kier alpha value is -1.40. The number of halogens is 2. The summed E-state index contributed by atoms with van der Waals surface area (Å²) in [5.74, 6) is 0.533. The van der Waals surface area contributed by atoms with Gasteiger partial charge in [0.15, 0.2) is 5.96 Å². The van der Waals surface area contributed by atoms with Gasteiger partial charge in [-0.2, -0.15) is 0 Å². The summed E-state index contributed by atoms with van der Waals surface area (Å²) in [6.07, 6.45) is 1.80. The van der Waals surface area contributed by atoms with E-state index in [2.05, 4.69) is 65.8 Å². The molecule has 108 valence electrons. The summed E-state index contributed by atoms with van der Waals surface area (Å²) < 4.78 is 1.89. The second-order valence-electron chi connectivity index (χ2n) is 4.89. The van der Waals surface area contributed by atoms with Crippen LogP contribution < -0.4 is 10.6 Å². The first-order valence-electron chi connectivity index (χ1n) is 6.53. The highest BCUT2D eigenvalue weighted by molar-refractivity contribution is 9.11. The Kier molecular flexibility index (Phi) is 3.99. The first-order chi connectivity index (χ1) is 10.1. The molecule has 4 nitrogen and oxygen atoms in total. The van der Waals surface area contributed by atoms with Gasteiger partial charge in [-0.1, -0.05) is 18.2 Å². The van der Waals surface area contributed by atoms with Crippen molar-refractivity contribution < 1.29 is 0 Å². The van der Waals surface area contributed by atoms with Gasteiger partial charge in [-0.05, 0) is 56.5 Å². The molecule has 0 bridgehead atoms. The highest BCUT2D eigenvalue weighted by Gasteiger charge is 2.32. The van der Waals surface area contributed by atoms with Gasteiger partial charge in [-0.25, -0.2) is 0 Å². The molecule has 1 aromatic carbocycles. The Morgan fingerprint density at radius 1 is 1.29 bits per heavy atom. The zero-order valence-electron chi connectivity index (χ0n) is 11.4. The zero-order chi connectivity index (χ0) is 15.0. The number of aryl methyl sites for hydroxylation is 1. The summed E-state index contributed by atoms with van der Waals surface area (Å²) in [6, 6.07) is 10.2. The van der Waals surface area contributed by atoms with Crippen LogP contribution in [0.5, 0.6) is 0 Å². The lowest BCUT2D eigenvalue weighted by molar-refractivity contribution is 0.733. The van der Waals surface area contributed by atoms with Crippen LogP contribution in [0.3, 0.4) is 0 Å². The lowest BCUT2D eigenvalue weighted by Crippen LogP contribution is -2.37. The molecule has 1 aromatic heterocycles. The van der Waals surface area contributed by atoms with E-state index in [0.717, 1.165) is 25.9 Å². The van der Waals surface area contributed by atoms with Gasteiger partial charge < -0.3 is 10.6 Å². The number of anilines is 1. The average Bonchev–Trinajstić information content (AvgIpc) is 2.81. The molecule has 3 rings (SSSR count). The first kappa shape index (κ1) is 14.5. The molecule has 2 aromatic rings. The first-order valence-corrected chi connectivity index (χ1v) is 8.12. The van der Waals surface area contributed by atoms with E-state index in [1.807, 2.05) is 18.2 Å². The maximum Gasteiger partial charge on any atom is 0.196 e. The van der Waals surface area contributed by atoms with Crippen LogP contribution in [-0.4, -0.2) is 17.5 Å². The molecule has 1 aliphatic rings. The molecule has 2 N–H and O–H groups in total. The minimum atomic E-state index is 0.00794. The molecule has 0 amide bonds. The number of rotatable bonds is 2. The van der Waals surface area contributed by atoms with E-state index < -0.39 is 0 Å². The average molecular weight is 410 g/mol. The molecular weight excluding hydrogens is 396 g/mol. The Morgan fingerprint density at radius 3 is 2.76 bits per heavy atom. The van der Waals surface area contributed by atoms with Crippen molar-refractivity contribution in [3.05, 3.63) is 56.7 Å². The quantitative estimate of drug-likeness (QED) is 0.820. The maximum atomic E-state index is 6.11. The van der Waals surface area contributed by atoms with Gasteiger partial charge in [-0.3, -0.25) is 9.98 Å². The number of aliphatic imine (C=N–C) groups is 1. The second-order valence-corrected chi connectivity index (χ2v) is 6.66. The fourth-order valence-electron chi connectivity index (χ4n) is 2.50. The van der Waals surface area contributed by atoms with E-state index in [9.17, 15) is 0 Å². The van der Waals surface area contributed by atoms with Gasteiger partial charge in [0.25, 0.3) is 0 Å². The number of hydrogen-bond donors (Lipinski definition) is 1. The number of nitrogens with zero attached hydrogens (tertiary/aromatic N) is 3. The summed E-state index contributed by atoms with van der Waals surface area (Å²) in [6.45, 7) is 2.68. The lowest BCUT2D eigenvalue weighted by atomic mass is 10.1. The molecule has 0 spiro atoms. The molecule has 1 unspecified atom stereocenters. The van der Waals surface area contributed by atoms with E-state index in [0.29, 0.717) is 12.5 Å². The topological polar surface area (TPSA) is 54.5 Å². The SMILES string of the molecule is Cc1ccccc1N1C(N)=NCC1c1ncc(Br)cc1Br. The van der Waals surface area contributed by atoms with Crippen molar-refractivity contribution in [3.63, 3.8) is 0 Å². The molecular formula is C15H14Br2N4. The van der Waals surface area contributed by atoms with Gasteiger partial charge in [0, 0.05) is 20.8 Å². The van der Waals surface area contributed by atoms with Crippen LogP contribution in [-0.2, 0) is 0 Å². The van der Waals surface area contributed by atoms with Crippen LogP contribution in [0.4, 0.5) is 5.69 Å². The van der Waals surface area contributed by atoms with Gasteiger partial charge in [-0.15, -0.1) is 0 Å². The maximum absolute atomic E-state index is 6.11. The fraction of sp³-hybridized carbons (Fsp3) is 0.200. The Balaban J connectivity index is 2.05. The van der Waals surface area contributed by atoms with Crippen molar-refractivity contribution >= 4 is 43.5 Å². The highest BCUT2D eigenvalue weighted by atomic mass is 79.9. The van der Waals surface area contributed by atoms with Crippen molar-refractivity contribution in [2.45, 2.75) is 13.0 Å². The van der Waals surface area contributed by atoms with Crippen LogP contribution in [0.2, 0.25) is 0 Å².